The Labute approximate surface area is 417 Å². The molecule has 0 aliphatic carbocycles. The zero-order valence-electron chi connectivity index (χ0n) is 39.1. The van der Waals surface area contributed by atoms with Gasteiger partial charge in [-0.2, -0.15) is 120 Å². The fourth-order valence-corrected chi connectivity index (χ4v) is 8.33. The van der Waals surface area contributed by atoms with Crippen LogP contribution in [-0.2, 0) is 21.1 Å². The maximum atomic E-state index is 14.2. The van der Waals surface area contributed by atoms with Crippen molar-refractivity contribution in [3.05, 3.63) is 57.6 Å². The molecule has 75 heavy (non-hydrogen) atoms. The van der Waals surface area contributed by atoms with Crippen LogP contribution in [0.5, 0.6) is 11.5 Å². The number of halogens is 25. The Hall–Kier alpha value is -4.07. The summed E-state index contributed by atoms with van der Waals surface area (Å²) in [5, 5.41) is 4.93. The smallest absolute Gasteiger partial charge is 0.460 e. The molecule has 2 aromatic rings. The van der Waals surface area contributed by atoms with Gasteiger partial charge in [0.05, 0.1) is 0 Å². The van der Waals surface area contributed by atoms with Gasteiger partial charge in [0.15, 0.2) is 12.2 Å². The summed E-state index contributed by atoms with van der Waals surface area (Å²) in [5.74, 6) is -69.1. The first kappa shape index (κ1) is 67.0. The van der Waals surface area contributed by atoms with E-state index in [-0.39, 0.29) is 41.7 Å². The molecule has 2 rings (SSSR count). The van der Waals surface area contributed by atoms with Gasteiger partial charge in [-0.05, 0) is 86.4 Å². The van der Waals surface area contributed by atoms with E-state index in [0.29, 0.717) is 51.3 Å². The van der Waals surface area contributed by atoms with E-state index in [2.05, 4.69) is 10.6 Å². The maximum Gasteiger partial charge on any atom is 0.460 e. The van der Waals surface area contributed by atoms with Crippen LogP contribution in [0.3, 0.4) is 0 Å². The van der Waals surface area contributed by atoms with E-state index in [9.17, 15) is 119 Å². The highest BCUT2D eigenvalue weighted by Gasteiger charge is 2.90. The van der Waals surface area contributed by atoms with Crippen LogP contribution >= 0.6 is 23.5 Å². The molecule has 0 bridgehead atoms. The van der Waals surface area contributed by atoms with Gasteiger partial charge in [0.25, 0.3) is 17.7 Å². The summed E-state index contributed by atoms with van der Waals surface area (Å²) in [4.78, 5) is 25.5. The van der Waals surface area contributed by atoms with Crippen molar-refractivity contribution in [3.8, 4) is 11.5 Å². The minimum Gasteiger partial charge on any atom is -0.480 e. The first-order chi connectivity index (χ1) is 33.5. The summed E-state index contributed by atoms with van der Waals surface area (Å²) in [6.45, 7) is 8.08. The Bertz CT molecular complexity index is 2250. The molecule has 0 aromatic heterocycles. The lowest BCUT2D eigenvalue weighted by atomic mass is 9.93. The number of benzene rings is 2. The third kappa shape index (κ3) is 14.2. The first-order valence-corrected chi connectivity index (χ1v) is 23.2. The number of thioether (sulfide) groups is 2. The van der Waals surface area contributed by atoms with Crippen LogP contribution in [0, 0.1) is 27.7 Å². The Morgan fingerprint density at radius 3 is 1.12 bits per heavy atom. The minimum absolute atomic E-state index is 0.105. The van der Waals surface area contributed by atoms with Gasteiger partial charge in [-0.3, -0.25) is 9.59 Å². The van der Waals surface area contributed by atoms with Gasteiger partial charge in [-0.25, -0.2) is 13.2 Å². The Kier molecular flexibility index (Phi) is 21.0. The molecule has 6 nitrogen and oxygen atoms in total. The third-order valence-corrected chi connectivity index (χ3v) is 12.7. The van der Waals surface area contributed by atoms with E-state index in [1.807, 2.05) is 0 Å². The monoisotopic (exact) mass is 1180 g/mol. The van der Waals surface area contributed by atoms with Crippen LogP contribution in [0.4, 0.5) is 110 Å². The number of nitrogens with one attached hydrogen (secondary N) is 2. The molecule has 0 radical (unpaired) electrons. The second-order valence-electron chi connectivity index (χ2n) is 16.7. The largest absolute Gasteiger partial charge is 0.480 e. The number of aryl methyl sites for hydroxylation is 4. The standard InChI is InChI=1S/C42H43F25N2O4S2/c1-19-13-25(17-74-11-7-32(44,45)31(43)34(48,49)36(52,53)39(58,59)41(62,63)64)14-20(2)27(19)72-23(5)29(70)68-9-10-69-30(71)24(6)73-28-21(3)15-26(16-22(28)4)18-75-12-8-33(46,47)35(50,51)37(54,55)38(56,57)40(60,61)42(65,66)67/h13-16,23-24,31H,7-12,17-18H2,1-6H3,(H,68,70)(H,69,71). The number of carbonyl (C=O) groups is 2. The van der Waals surface area contributed by atoms with Gasteiger partial charge in [0.1, 0.15) is 11.5 Å². The number of alkyl halides is 25. The van der Waals surface area contributed by atoms with Crippen LogP contribution in [0.25, 0.3) is 0 Å². The van der Waals surface area contributed by atoms with Crippen molar-refractivity contribution in [1.29, 1.82) is 0 Å². The molecule has 0 spiro atoms. The predicted molar refractivity (Wildman–Crippen MR) is 221 cm³/mol. The van der Waals surface area contributed by atoms with E-state index in [1.165, 1.54) is 65.8 Å². The lowest BCUT2D eigenvalue weighted by molar-refractivity contribution is -0.439. The van der Waals surface area contributed by atoms with Crippen molar-refractivity contribution < 1.29 is 129 Å². The number of carbonyl (C=O) groups excluding carboxylic acids is 2. The number of ether oxygens (including phenoxy) is 2. The van der Waals surface area contributed by atoms with Gasteiger partial charge >= 0.3 is 59.7 Å². The van der Waals surface area contributed by atoms with Crippen LogP contribution in [0.2, 0.25) is 0 Å². The molecule has 2 amide bonds. The normalized spacial score (nSPS) is 15.3. The van der Waals surface area contributed by atoms with Crippen molar-refractivity contribution in [3.63, 3.8) is 0 Å². The number of amides is 2. The Morgan fingerprint density at radius 1 is 0.480 bits per heavy atom. The molecule has 0 aliphatic rings. The molecule has 432 valence electrons. The van der Waals surface area contributed by atoms with E-state index in [1.54, 1.807) is 0 Å². The van der Waals surface area contributed by atoms with E-state index in [4.69, 9.17) is 9.47 Å². The van der Waals surface area contributed by atoms with Crippen molar-refractivity contribution >= 4 is 35.3 Å². The molecular weight excluding hydrogens is 1140 g/mol. The minimum atomic E-state index is -8.00. The van der Waals surface area contributed by atoms with E-state index < -0.39 is 120 Å². The predicted octanol–water partition coefficient (Wildman–Crippen LogP) is 13.8. The number of hydrogen-bond donors (Lipinski definition) is 2. The second kappa shape index (κ2) is 23.5. The zero-order valence-corrected chi connectivity index (χ0v) is 40.7. The molecule has 0 aliphatic heterocycles. The van der Waals surface area contributed by atoms with Gasteiger partial charge in [-0.15, -0.1) is 0 Å². The molecule has 33 heteroatoms. The number of rotatable bonds is 27. The summed E-state index contributed by atoms with van der Waals surface area (Å²) in [7, 11) is 0. The fourth-order valence-electron chi connectivity index (χ4n) is 6.42. The van der Waals surface area contributed by atoms with Crippen molar-refractivity contribution in [2.45, 2.75) is 150 Å². The third-order valence-electron chi connectivity index (χ3n) is 10.6. The van der Waals surface area contributed by atoms with Crippen LogP contribution in [0.1, 0.15) is 60.1 Å². The van der Waals surface area contributed by atoms with E-state index >= 15 is 0 Å². The van der Waals surface area contributed by atoms with Crippen molar-refractivity contribution in [2.24, 2.45) is 0 Å². The van der Waals surface area contributed by atoms with Crippen molar-refractivity contribution in [2.75, 3.05) is 24.6 Å². The molecule has 3 atom stereocenters. The summed E-state index contributed by atoms with van der Waals surface area (Å²) < 4.78 is 346. The van der Waals surface area contributed by atoms with Crippen LogP contribution < -0.4 is 20.1 Å². The first-order valence-electron chi connectivity index (χ1n) is 20.9. The Balaban J connectivity index is 1.90. The summed E-state index contributed by atoms with van der Waals surface area (Å²) in [6.07, 6.45) is -27.1. The second-order valence-corrected chi connectivity index (χ2v) is 18.9. The lowest BCUT2D eigenvalue weighted by Crippen LogP contribution is -2.70. The zero-order chi connectivity index (χ0) is 58.7. The summed E-state index contributed by atoms with van der Waals surface area (Å²) in [5.41, 5.74) is 1.85. The highest BCUT2D eigenvalue weighted by Crippen LogP contribution is 2.61. The highest BCUT2D eigenvalue weighted by molar-refractivity contribution is 7.98. The quantitative estimate of drug-likeness (QED) is 0.0686. The Morgan fingerprint density at radius 2 is 0.787 bits per heavy atom. The molecular formula is C42H43F25N2O4S2. The maximum absolute atomic E-state index is 14.2. The van der Waals surface area contributed by atoms with Gasteiger partial charge < -0.3 is 20.1 Å². The molecule has 0 fully saturated rings. The fraction of sp³-hybridized carbons (Fsp3) is 0.667. The molecule has 0 saturated heterocycles. The average Bonchev–Trinajstić information content (AvgIpc) is 3.26. The van der Waals surface area contributed by atoms with Crippen LogP contribution in [-0.4, -0.2) is 120 Å². The van der Waals surface area contributed by atoms with E-state index in [0.717, 1.165) is 0 Å². The van der Waals surface area contributed by atoms with Gasteiger partial charge in [0.2, 0.25) is 6.17 Å². The van der Waals surface area contributed by atoms with Crippen molar-refractivity contribution in [1.82, 2.24) is 10.6 Å². The molecule has 2 N–H and O–H groups in total. The SMILES string of the molecule is Cc1cc(CSCCC(F)(F)C(F)C(F)(F)C(F)(F)C(F)(F)C(F)(F)F)cc(C)c1OC(C)C(=O)NCCNC(=O)C(C)Oc1c(C)cc(CSCCC(F)(F)C(F)(F)C(F)(F)C(F)(F)C(F)(F)C(F)(F)F)cc1C. The van der Waals surface area contributed by atoms with Gasteiger partial charge in [-0.1, -0.05) is 24.3 Å². The molecule has 0 saturated carbocycles. The van der Waals surface area contributed by atoms with Gasteiger partial charge in [0, 0.05) is 37.4 Å². The van der Waals surface area contributed by atoms with Crippen LogP contribution in [0.15, 0.2) is 24.3 Å². The topological polar surface area (TPSA) is 76.7 Å². The lowest BCUT2D eigenvalue weighted by Gasteiger charge is -2.39. The highest BCUT2D eigenvalue weighted by atomic mass is 32.2. The summed E-state index contributed by atoms with van der Waals surface area (Å²) >= 11 is 0.832. The molecule has 3 unspecified atom stereocenters. The molecule has 0 heterocycles. The molecule has 2 aromatic carbocycles. The average molecular weight is 1180 g/mol. The number of hydrogen-bond acceptors (Lipinski definition) is 6. The summed E-state index contributed by atoms with van der Waals surface area (Å²) in [6, 6.07) is 5.51.